The van der Waals surface area contributed by atoms with Crippen molar-refractivity contribution >= 4 is 28.5 Å². The summed E-state index contributed by atoms with van der Waals surface area (Å²) in [5, 5.41) is 28.1. The summed E-state index contributed by atoms with van der Waals surface area (Å²) in [4.78, 5) is 16.5. The lowest BCUT2D eigenvalue weighted by Crippen LogP contribution is -2.20. The minimum absolute atomic E-state index is 0.0347. The van der Waals surface area contributed by atoms with Gasteiger partial charge in [-0.1, -0.05) is 11.6 Å². The van der Waals surface area contributed by atoms with E-state index in [4.69, 9.17) is 17.0 Å². The van der Waals surface area contributed by atoms with E-state index in [1.807, 2.05) is 0 Å². The van der Waals surface area contributed by atoms with Crippen molar-refractivity contribution in [3.05, 3.63) is 44.2 Å². The molecule has 0 fully saturated rings. The minimum Gasteiger partial charge on any atom is -0.512 e. The van der Waals surface area contributed by atoms with Crippen LogP contribution >= 0.6 is 11.6 Å². The summed E-state index contributed by atoms with van der Waals surface area (Å²) in [5.74, 6) is -0.497. The molecule has 22 heavy (non-hydrogen) atoms. The third-order valence-electron chi connectivity index (χ3n) is 3.50. The Morgan fingerprint density at radius 3 is 2.45 bits per heavy atom. The molecule has 0 bridgehead atoms. The smallest absolute Gasteiger partial charge is 0.261 e. The number of aryl methyl sites for hydroxylation is 1. The molecule has 2 heterocycles. The maximum absolute atomic E-state index is 12.3. The number of hydrogen-bond acceptors (Lipinski definition) is 5. The standard InChI is InChI=1S/C15H16ClN3O3/c1-6-8(3)18-14-13(21)12(11(7(2)17)9(4)20)10(16)5-19(14)15(6)22/h5,17,20-21H,1-4H3/b11-9+,17-7?. The van der Waals surface area contributed by atoms with E-state index in [0.717, 1.165) is 4.40 Å². The highest BCUT2D eigenvalue weighted by molar-refractivity contribution is 6.36. The van der Waals surface area contributed by atoms with Crippen molar-refractivity contribution in [3.8, 4) is 5.75 Å². The van der Waals surface area contributed by atoms with Crippen LogP contribution in [-0.4, -0.2) is 25.3 Å². The zero-order chi connectivity index (χ0) is 16.8. The zero-order valence-electron chi connectivity index (χ0n) is 12.7. The van der Waals surface area contributed by atoms with Crippen LogP contribution in [0.2, 0.25) is 5.02 Å². The van der Waals surface area contributed by atoms with Crippen LogP contribution in [0.1, 0.15) is 30.7 Å². The van der Waals surface area contributed by atoms with Crippen molar-refractivity contribution in [2.24, 2.45) is 0 Å². The lowest BCUT2D eigenvalue weighted by molar-refractivity contribution is 0.417. The molecule has 6 nitrogen and oxygen atoms in total. The van der Waals surface area contributed by atoms with Gasteiger partial charge in [-0.05, 0) is 27.7 Å². The highest BCUT2D eigenvalue weighted by Crippen LogP contribution is 2.36. The number of aromatic nitrogens is 2. The maximum Gasteiger partial charge on any atom is 0.261 e. The van der Waals surface area contributed by atoms with Gasteiger partial charge in [0.25, 0.3) is 5.56 Å². The van der Waals surface area contributed by atoms with E-state index in [0.29, 0.717) is 11.3 Å². The summed E-state index contributed by atoms with van der Waals surface area (Å²) in [6, 6.07) is 0. The number of aliphatic hydroxyl groups is 1. The van der Waals surface area contributed by atoms with Gasteiger partial charge in [0.15, 0.2) is 11.4 Å². The van der Waals surface area contributed by atoms with Gasteiger partial charge in [0.1, 0.15) is 0 Å². The predicted molar refractivity (Wildman–Crippen MR) is 86.2 cm³/mol. The molecule has 3 N–H and O–H groups in total. The molecule has 0 aliphatic heterocycles. The number of nitrogens with zero attached hydrogens (tertiary/aromatic N) is 2. The number of rotatable bonds is 2. The van der Waals surface area contributed by atoms with Gasteiger partial charge in [-0.15, -0.1) is 0 Å². The summed E-state index contributed by atoms with van der Waals surface area (Å²) < 4.78 is 1.16. The molecule has 116 valence electrons. The van der Waals surface area contributed by atoms with Gasteiger partial charge in [0.05, 0.1) is 16.3 Å². The van der Waals surface area contributed by atoms with Crippen molar-refractivity contribution in [1.82, 2.24) is 9.38 Å². The molecule has 0 saturated heterocycles. The molecule has 0 spiro atoms. The molecule has 0 radical (unpaired) electrons. The van der Waals surface area contributed by atoms with E-state index in [9.17, 15) is 15.0 Å². The summed E-state index contributed by atoms with van der Waals surface area (Å²) in [6.45, 7) is 6.17. The van der Waals surface area contributed by atoms with Crippen LogP contribution in [0.25, 0.3) is 11.2 Å². The average molecular weight is 322 g/mol. The molecule has 2 aromatic heterocycles. The van der Waals surface area contributed by atoms with Gasteiger partial charge < -0.3 is 15.6 Å². The molecule has 2 aromatic rings. The Balaban J connectivity index is 3.03. The first-order chi connectivity index (χ1) is 10.2. The number of aromatic hydroxyl groups is 1. The molecule has 7 heteroatoms. The summed E-state index contributed by atoms with van der Waals surface area (Å²) >= 11 is 6.17. The normalized spacial score (nSPS) is 12.4. The number of hydrogen-bond donors (Lipinski definition) is 3. The Morgan fingerprint density at radius 2 is 1.95 bits per heavy atom. The predicted octanol–water partition coefficient (Wildman–Crippen LogP) is 3.00. The van der Waals surface area contributed by atoms with Gasteiger partial charge in [0.2, 0.25) is 0 Å². The number of nitrogens with one attached hydrogen (secondary N) is 1. The van der Waals surface area contributed by atoms with Crippen LogP contribution < -0.4 is 5.56 Å². The molecule has 0 saturated carbocycles. The second-order valence-electron chi connectivity index (χ2n) is 5.11. The molecule has 0 amide bonds. The van der Waals surface area contributed by atoms with Crippen LogP contribution in [0.15, 0.2) is 16.8 Å². The minimum atomic E-state index is -0.345. The van der Waals surface area contributed by atoms with E-state index in [2.05, 4.69) is 4.98 Å². The van der Waals surface area contributed by atoms with Gasteiger partial charge >= 0.3 is 0 Å². The van der Waals surface area contributed by atoms with E-state index < -0.39 is 0 Å². The number of aliphatic hydroxyl groups excluding tert-OH is 1. The fourth-order valence-electron chi connectivity index (χ4n) is 2.30. The molecule has 0 unspecified atom stereocenters. The Hall–Kier alpha value is -2.34. The van der Waals surface area contributed by atoms with Crippen molar-refractivity contribution in [3.63, 3.8) is 0 Å². The van der Waals surface area contributed by atoms with Crippen molar-refractivity contribution in [1.29, 1.82) is 5.41 Å². The van der Waals surface area contributed by atoms with Crippen molar-refractivity contribution < 1.29 is 10.2 Å². The van der Waals surface area contributed by atoms with Crippen LogP contribution in [0.3, 0.4) is 0 Å². The van der Waals surface area contributed by atoms with Crippen LogP contribution in [0, 0.1) is 19.3 Å². The Morgan fingerprint density at radius 1 is 1.36 bits per heavy atom. The summed E-state index contributed by atoms with van der Waals surface area (Å²) in [6.07, 6.45) is 1.33. The number of fused-ring (bicyclic) bond motifs is 1. The number of pyridine rings is 1. The first kappa shape index (κ1) is 16.0. The fourth-order valence-corrected chi connectivity index (χ4v) is 2.58. The summed E-state index contributed by atoms with van der Waals surface area (Å²) in [5.41, 5.74) is 0.885. The van der Waals surface area contributed by atoms with Gasteiger partial charge in [-0.25, -0.2) is 4.98 Å². The quantitative estimate of drug-likeness (QED) is 0.585. The molecular weight excluding hydrogens is 306 g/mol. The Bertz CT molecular complexity index is 893. The number of allylic oxidation sites excluding steroid dienone is 2. The first-order valence-corrected chi connectivity index (χ1v) is 6.91. The molecule has 0 aliphatic carbocycles. The highest BCUT2D eigenvalue weighted by atomic mass is 35.5. The zero-order valence-corrected chi connectivity index (χ0v) is 13.4. The van der Waals surface area contributed by atoms with Crippen LogP contribution in [-0.2, 0) is 0 Å². The first-order valence-electron chi connectivity index (χ1n) is 6.53. The monoisotopic (exact) mass is 321 g/mol. The molecule has 0 aromatic carbocycles. The largest absolute Gasteiger partial charge is 0.512 e. The van der Waals surface area contributed by atoms with Crippen LogP contribution in [0.4, 0.5) is 0 Å². The molecule has 2 rings (SSSR count). The molecule has 0 atom stereocenters. The van der Waals surface area contributed by atoms with Gasteiger partial charge in [0, 0.05) is 28.7 Å². The second-order valence-corrected chi connectivity index (χ2v) is 5.51. The Kier molecular flexibility index (Phi) is 3.98. The topological polar surface area (TPSA) is 98.7 Å². The lowest BCUT2D eigenvalue weighted by atomic mass is 10.0. The second kappa shape index (κ2) is 5.46. The maximum atomic E-state index is 12.3. The van der Waals surface area contributed by atoms with E-state index in [1.54, 1.807) is 13.8 Å². The van der Waals surface area contributed by atoms with E-state index in [1.165, 1.54) is 20.0 Å². The SMILES string of the molecule is CC(=N)/C(=C(/C)O)c1c(Cl)cn2c(=O)c(C)c(C)nc2c1O. The highest BCUT2D eigenvalue weighted by Gasteiger charge is 2.21. The van der Waals surface area contributed by atoms with Gasteiger partial charge in [-0.2, -0.15) is 0 Å². The van der Waals surface area contributed by atoms with Crippen molar-refractivity contribution in [2.45, 2.75) is 27.7 Å². The Labute approximate surface area is 131 Å². The van der Waals surface area contributed by atoms with E-state index in [-0.39, 0.29) is 44.6 Å². The third-order valence-corrected chi connectivity index (χ3v) is 3.79. The van der Waals surface area contributed by atoms with Gasteiger partial charge in [-0.3, -0.25) is 9.20 Å². The third kappa shape index (κ3) is 2.35. The molecule has 0 aliphatic rings. The lowest BCUT2D eigenvalue weighted by Gasteiger charge is -2.15. The fraction of sp³-hybridized carbons (Fsp3) is 0.267. The number of halogens is 1. The van der Waals surface area contributed by atoms with E-state index >= 15 is 0 Å². The van der Waals surface area contributed by atoms with Crippen molar-refractivity contribution in [2.75, 3.05) is 0 Å². The molecular formula is C15H16ClN3O3. The summed E-state index contributed by atoms with van der Waals surface area (Å²) in [7, 11) is 0. The van der Waals surface area contributed by atoms with Crippen LogP contribution in [0.5, 0.6) is 5.75 Å². The average Bonchev–Trinajstić information content (AvgIpc) is 2.41.